The molecule has 0 radical (unpaired) electrons. The van der Waals surface area contributed by atoms with Crippen LogP contribution >= 0.6 is 0 Å². The van der Waals surface area contributed by atoms with E-state index in [1.165, 1.54) is 21.3 Å². The van der Waals surface area contributed by atoms with Crippen LogP contribution in [0.25, 0.3) is 0 Å². The maximum atomic E-state index is 7.94. The Bertz CT molecular complexity index is 66.5. The van der Waals surface area contributed by atoms with E-state index in [-0.39, 0.29) is 25.5 Å². The average Bonchev–Trinajstić information content (AvgIpc) is 2.10. The van der Waals surface area contributed by atoms with Gasteiger partial charge in [-0.05, 0) is 0 Å². The third-order valence-corrected chi connectivity index (χ3v) is 0.873. The van der Waals surface area contributed by atoms with Crippen LogP contribution in [0.5, 0.6) is 0 Å². The molecule has 0 bridgehead atoms. The molecule has 76 valence electrons. The Balaban J connectivity index is -0.000000150. The van der Waals surface area contributed by atoms with E-state index in [9.17, 15) is 0 Å². The second-order valence-electron chi connectivity index (χ2n) is 1.71. The summed E-state index contributed by atoms with van der Waals surface area (Å²) >= 11 is 0. The summed E-state index contributed by atoms with van der Waals surface area (Å²) in [5.74, 6) is 0. The van der Waals surface area contributed by atoms with Gasteiger partial charge in [0.05, 0.1) is 13.2 Å². The van der Waals surface area contributed by atoms with Crippen molar-refractivity contribution in [1.82, 2.24) is 0 Å². The second-order valence-corrected chi connectivity index (χ2v) is 1.71. The Morgan fingerprint density at radius 2 is 1.38 bits per heavy atom. The van der Waals surface area contributed by atoms with Gasteiger partial charge in [0, 0.05) is 28.4 Å². The van der Waals surface area contributed by atoms with E-state index >= 15 is 0 Å². The van der Waals surface area contributed by atoms with Crippen LogP contribution < -0.4 is 0 Å². The molecule has 0 spiro atoms. The summed E-state index contributed by atoms with van der Waals surface area (Å²) in [6, 6.07) is 0. The van der Waals surface area contributed by atoms with Gasteiger partial charge in [-0.2, -0.15) is 0 Å². The van der Waals surface area contributed by atoms with Crippen LogP contribution in [0.4, 0.5) is 0 Å². The van der Waals surface area contributed by atoms with Crippen molar-refractivity contribution in [2.45, 2.75) is 0 Å². The van der Waals surface area contributed by atoms with Crippen LogP contribution in [0.15, 0.2) is 0 Å². The van der Waals surface area contributed by atoms with E-state index in [0.29, 0.717) is 6.61 Å². The molecule has 1 N–H and O–H groups in total. The van der Waals surface area contributed by atoms with Crippen molar-refractivity contribution in [3.63, 3.8) is 0 Å². The number of ether oxygens (including phenoxy) is 1. The monoisotopic (exact) mass is 188 g/mol. The average molecular weight is 188 g/mol. The molecule has 0 heterocycles. The molecule has 0 aromatic heterocycles. The molecule has 0 amide bonds. The third kappa shape index (κ3) is 19.0. The van der Waals surface area contributed by atoms with Crippen LogP contribution in [0, 0.1) is 0 Å². The fourth-order valence-electron chi connectivity index (χ4n) is 0.380. The fraction of sp³-hybridized carbons (Fsp3) is 1.00. The molecule has 0 rings (SSSR count). The third-order valence-electron chi connectivity index (χ3n) is 0.873. The summed E-state index contributed by atoms with van der Waals surface area (Å²) in [5, 5.41) is 7.94. The van der Waals surface area contributed by atoms with Gasteiger partial charge in [-0.25, -0.2) is 0 Å². The van der Waals surface area contributed by atoms with Crippen molar-refractivity contribution in [1.29, 1.82) is 0 Å². The first kappa shape index (κ1) is 19.1. The molecule has 0 fully saturated rings. The van der Waals surface area contributed by atoms with E-state index < -0.39 is 7.32 Å². The molecule has 5 nitrogen and oxygen atoms in total. The SMILES string of the molecule is COB(OC)OC.COCCO.[LiH]. The van der Waals surface area contributed by atoms with E-state index in [1.54, 1.807) is 7.11 Å². The molecular formula is C6H18BLiO5. The normalized spacial score (nSPS) is 8.08. The second kappa shape index (κ2) is 18.3. The molecule has 0 aliphatic heterocycles. The molecule has 13 heavy (non-hydrogen) atoms. The molecule has 0 aromatic carbocycles. The predicted octanol–water partition coefficient (Wildman–Crippen LogP) is -1.11. The van der Waals surface area contributed by atoms with Gasteiger partial charge in [0.25, 0.3) is 0 Å². The number of aliphatic hydroxyl groups excluding tert-OH is 1. The van der Waals surface area contributed by atoms with E-state index in [1.807, 2.05) is 0 Å². The van der Waals surface area contributed by atoms with Crippen molar-refractivity contribution in [2.75, 3.05) is 41.7 Å². The van der Waals surface area contributed by atoms with Crippen molar-refractivity contribution < 1.29 is 23.8 Å². The first-order valence-electron chi connectivity index (χ1n) is 3.45. The fourth-order valence-corrected chi connectivity index (χ4v) is 0.380. The zero-order valence-electron chi connectivity index (χ0n) is 8.07. The summed E-state index contributed by atoms with van der Waals surface area (Å²) in [6.07, 6.45) is 0. The number of hydrogen-bond acceptors (Lipinski definition) is 5. The Hall–Kier alpha value is 0.462. The summed E-state index contributed by atoms with van der Waals surface area (Å²) in [4.78, 5) is 0. The van der Waals surface area contributed by atoms with Crippen molar-refractivity contribution in [2.24, 2.45) is 0 Å². The van der Waals surface area contributed by atoms with Gasteiger partial charge in [0.15, 0.2) is 0 Å². The van der Waals surface area contributed by atoms with Crippen LogP contribution in [0.2, 0.25) is 0 Å². The molecule has 0 aromatic rings. The van der Waals surface area contributed by atoms with Gasteiger partial charge >= 0.3 is 26.2 Å². The van der Waals surface area contributed by atoms with Gasteiger partial charge in [0.2, 0.25) is 0 Å². The molecular weight excluding hydrogens is 170 g/mol. The Morgan fingerprint density at radius 1 is 1.00 bits per heavy atom. The predicted molar refractivity (Wildman–Crippen MR) is 52.9 cm³/mol. The van der Waals surface area contributed by atoms with Crippen LogP contribution in [0.3, 0.4) is 0 Å². The van der Waals surface area contributed by atoms with Crippen molar-refractivity contribution in [3.05, 3.63) is 0 Å². The summed E-state index contributed by atoms with van der Waals surface area (Å²) in [6.45, 7) is 0.566. The van der Waals surface area contributed by atoms with Crippen LogP contribution in [-0.2, 0) is 18.7 Å². The van der Waals surface area contributed by atoms with Gasteiger partial charge in [-0.15, -0.1) is 0 Å². The summed E-state index contributed by atoms with van der Waals surface area (Å²) in [5.41, 5.74) is 0. The Kier molecular flexibility index (Phi) is 26.9. The summed E-state index contributed by atoms with van der Waals surface area (Å²) < 4.78 is 18.3. The van der Waals surface area contributed by atoms with Gasteiger partial charge in [-0.3, -0.25) is 0 Å². The molecule has 0 saturated heterocycles. The van der Waals surface area contributed by atoms with Gasteiger partial charge in [0.1, 0.15) is 0 Å². The van der Waals surface area contributed by atoms with E-state index in [4.69, 9.17) is 5.11 Å². The minimum absolute atomic E-state index is 0. The molecule has 0 aliphatic rings. The zero-order valence-corrected chi connectivity index (χ0v) is 8.07. The topological polar surface area (TPSA) is 57.2 Å². The van der Waals surface area contributed by atoms with E-state index in [2.05, 4.69) is 18.7 Å². The van der Waals surface area contributed by atoms with Gasteiger partial charge in [-0.1, -0.05) is 0 Å². The number of aliphatic hydroxyl groups is 1. The number of methoxy groups -OCH3 is 1. The van der Waals surface area contributed by atoms with E-state index in [0.717, 1.165) is 0 Å². The Morgan fingerprint density at radius 3 is 1.38 bits per heavy atom. The first-order valence-corrected chi connectivity index (χ1v) is 3.45. The molecule has 0 unspecified atom stereocenters. The van der Waals surface area contributed by atoms with Crippen LogP contribution in [-0.4, -0.2) is 72.9 Å². The quantitative estimate of drug-likeness (QED) is 0.554. The van der Waals surface area contributed by atoms with Crippen molar-refractivity contribution in [3.8, 4) is 0 Å². The maximum absolute atomic E-state index is 7.94. The van der Waals surface area contributed by atoms with Gasteiger partial charge < -0.3 is 23.8 Å². The Labute approximate surface area is 92.0 Å². The van der Waals surface area contributed by atoms with Crippen molar-refractivity contribution >= 4 is 26.2 Å². The minimum atomic E-state index is -0.514. The molecule has 0 saturated carbocycles. The first-order chi connectivity index (χ1) is 5.76. The molecule has 0 atom stereocenters. The summed E-state index contributed by atoms with van der Waals surface area (Å²) in [7, 11) is 5.57. The van der Waals surface area contributed by atoms with Crippen LogP contribution in [0.1, 0.15) is 0 Å². The standard InChI is InChI=1S/C3H9BO3.C3H8O2.Li.H/c1-5-4(6-2)7-3;1-5-3-2-4;;/h1-3H3;4H,2-3H2,1H3;;. The molecule has 0 aliphatic carbocycles. The number of hydrogen-bond donors (Lipinski definition) is 1. The number of rotatable bonds is 5. The molecule has 7 heteroatoms. The zero-order chi connectivity index (χ0) is 9.82.